The number of nitrogens with zero attached hydrogens (tertiary/aromatic N) is 3. The van der Waals surface area contributed by atoms with E-state index in [9.17, 15) is 12.8 Å². The molecule has 2 aromatic heterocycles. The molecule has 0 fully saturated rings. The zero-order chi connectivity index (χ0) is 29.6. The average Bonchev–Trinajstić information content (AvgIpc) is 3.44. The summed E-state index contributed by atoms with van der Waals surface area (Å²) in [5, 5.41) is 7.67. The summed E-state index contributed by atoms with van der Waals surface area (Å²) in [5.41, 5.74) is 2.19. The second-order valence-corrected chi connectivity index (χ2v) is 12.8. The highest BCUT2D eigenvalue weighted by molar-refractivity contribution is 7.90. The molecule has 1 aliphatic rings. The molecule has 0 amide bonds. The molecule has 0 bridgehead atoms. The van der Waals surface area contributed by atoms with E-state index in [1.165, 1.54) is 24.7 Å². The van der Waals surface area contributed by atoms with Crippen LogP contribution in [0.25, 0.3) is 10.9 Å². The van der Waals surface area contributed by atoms with E-state index in [1.807, 2.05) is 18.2 Å². The monoisotopic (exact) mass is 611 g/mol. The smallest absolute Gasteiger partial charge is 0.153 e. The van der Waals surface area contributed by atoms with Gasteiger partial charge in [-0.25, -0.2) is 22.8 Å². The largest absolute Gasteiger partial charge is 0.489 e. The summed E-state index contributed by atoms with van der Waals surface area (Å²) in [6.45, 7) is 1.26. The first kappa shape index (κ1) is 29.7. The van der Waals surface area contributed by atoms with E-state index < -0.39 is 15.4 Å². The summed E-state index contributed by atoms with van der Waals surface area (Å²) in [4.78, 5) is 13.5. The van der Waals surface area contributed by atoms with Gasteiger partial charge in [-0.15, -0.1) is 0 Å². The maximum absolute atomic E-state index is 13.5. The van der Waals surface area contributed by atoms with Crippen molar-refractivity contribution in [2.45, 2.75) is 31.5 Å². The van der Waals surface area contributed by atoms with E-state index in [0.29, 0.717) is 59.3 Å². The Balaban J connectivity index is 1.29. The molecule has 220 valence electrons. The van der Waals surface area contributed by atoms with Crippen LogP contribution in [0.4, 0.5) is 15.9 Å². The van der Waals surface area contributed by atoms with Crippen molar-refractivity contribution >= 4 is 43.8 Å². The topological polar surface area (TPSA) is 115 Å². The second-order valence-electron chi connectivity index (χ2n) is 10.2. The van der Waals surface area contributed by atoms with Gasteiger partial charge in [0.2, 0.25) is 0 Å². The number of anilines is 2. The maximum atomic E-state index is 13.5. The van der Waals surface area contributed by atoms with Gasteiger partial charge in [0.05, 0.1) is 34.4 Å². The number of sulfone groups is 1. The summed E-state index contributed by atoms with van der Waals surface area (Å²) in [5.74, 6) is 0.840. The Morgan fingerprint density at radius 3 is 2.76 bits per heavy atom. The standard InChI is InChI=1S/C30H31ClFN5O4S/c1-42(38,39)14-12-33-11-3-9-30(10-4-13-41-30)28-17-24-26(18-34-28)35-20-36-29(24)37-23-7-8-27(25(31)16-23)40-19-21-5-2-6-22(32)15-21/h2,4-8,13,15-18,20,33H,3,9-12,14,19H2,1H3,(H,35,36,37). The first-order chi connectivity index (χ1) is 20.2. The average molecular weight is 612 g/mol. The van der Waals surface area contributed by atoms with Crippen molar-refractivity contribution < 1.29 is 22.3 Å². The predicted octanol–water partition coefficient (Wildman–Crippen LogP) is 5.68. The van der Waals surface area contributed by atoms with Gasteiger partial charge in [-0.1, -0.05) is 23.7 Å². The van der Waals surface area contributed by atoms with Crippen LogP contribution in [0.3, 0.4) is 0 Å². The second kappa shape index (κ2) is 13.0. The van der Waals surface area contributed by atoms with Crippen molar-refractivity contribution in [2.24, 2.45) is 0 Å². The lowest BCUT2D eigenvalue weighted by atomic mass is 9.90. The number of pyridine rings is 1. The molecular formula is C30H31ClFN5O4S. The van der Waals surface area contributed by atoms with Crippen LogP contribution in [0.2, 0.25) is 5.02 Å². The summed E-state index contributed by atoms with van der Waals surface area (Å²) >= 11 is 6.50. The number of ether oxygens (including phenoxy) is 2. The van der Waals surface area contributed by atoms with Gasteiger partial charge in [-0.3, -0.25) is 4.98 Å². The van der Waals surface area contributed by atoms with Crippen LogP contribution in [0, 0.1) is 5.82 Å². The maximum Gasteiger partial charge on any atom is 0.153 e. The van der Waals surface area contributed by atoms with Crippen molar-refractivity contribution in [3.8, 4) is 5.75 Å². The van der Waals surface area contributed by atoms with Crippen molar-refractivity contribution in [3.05, 3.63) is 95.5 Å². The van der Waals surface area contributed by atoms with Gasteiger partial charge in [0.1, 0.15) is 40.2 Å². The molecule has 3 heterocycles. The first-order valence-corrected chi connectivity index (χ1v) is 15.9. The number of halogens is 2. The number of fused-ring (bicyclic) bond motifs is 1. The molecule has 0 radical (unpaired) electrons. The Hall–Kier alpha value is -3.80. The number of rotatable bonds is 13. The highest BCUT2D eigenvalue weighted by Gasteiger charge is 2.36. The zero-order valence-electron chi connectivity index (χ0n) is 23.0. The fourth-order valence-electron chi connectivity index (χ4n) is 4.73. The van der Waals surface area contributed by atoms with Gasteiger partial charge in [-0.2, -0.15) is 0 Å². The predicted molar refractivity (Wildman–Crippen MR) is 161 cm³/mol. The van der Waals surface area contributed by atoms with Crippen molar-refractivity contribution in [1.82, 2.24) is 20.3 Å². The van der Waals surface area contributed by atoms with Crippen LogP contribution in [0.15, 0.2) is 73.4 Å². The Morgan fingerprint density at radius 1 is 1.12 bits per heavy atom. The molecule has 2 N–H and O–H groups in total. The third-order valence-corrected chi connectivity index (χ3v) is 8.13. The fourth-order valence-corrected chi connectivity index (χ4v) is 5.48. The lowest BCUT2D eigenvalue weighted by molar-refractivity contribution is 0.0265. The number of hydrogen-bond acceptors (Lipinski definition) is 9. The minimum absolute atomic E-state index is 0.105. The number of nitrogens with one attached hydrogen (secondary N) is 2. The van der Waals surface area contributed by atoms with E-state index in [1.54, 1.807) is 36.7 Å². The Labute approximate surface area is 249 Å². The molecule has 42 heavy (non-hydrogen) atoms. The molecule has 0 saturated carbocycles. The Bertz CT molecular complexity index is 1690. The number of aromatic nitrogens is 3. The van der Waals surface area contributed by atoms with Crippen molar-refractivity contribution in [2.75, 3.05) is 30.4 Å². The van der Waals surface area contributed by atoms with Gasteiger partial charge >= 0.3 is 0 Å². The Morgan fingerprint density at radius 2 is 2.00 bits per heavy atom. The highest BCUT2D eigenvalue weighted by Crippen LogP contribution is 2.39. The molecule has 1 unspecified atom stereocenters. The normalized spacial score (nSPS) is 16.5. The first-order valence-electron chi connectivity index (χ1n) is 13.5. The van der Waals surface area contributed by atoms with Crippen LogP contribution < -0.4 is 15.4 Å². The number of hydrogen-bond donors (Lipinski definition) is 2. The van der Waals surface area contributed by atoms with Crippen LogP contribution in [0.5, 0.6) is 5.75 Å². The molecule has 0 spiro atoms. The zero-order valence-corrected chi connectivity index (χ0v) is 24.6. The Kier molecular flexibility index (Phi) is 9.20. The lowest BCUT2D eigenvalue weighted by Gasteiger charge is -2.28. The van der Waals surface area contributed by atoms with E-state index in [4.69, 9.17) is 21.1 Å². The van der Waals surface area contributed by atoms with Crippen molar-refractivity contribution in [1.29, 1.82) is 0 Å². The van der Waals surface area contributed by atoms with E-state index >= 15 is 0 Å². The van der Waals surface area contributed by atoms with E-state index in [2.05, 4.69) is 25.6 Å². The quantitative estimate of drug-likeness (QED) is 0.184. The lowest BCUT2D eigenvalue weighted by Crippen LogP contribution is -2.29. The third kappa shape index (κ3) is 7.53. The molecule has 2 aromatic carbocycles. The molecule has 1 atom stereocenters. The minimum atomic E-state index is -3.00. The van der Waals surface area contributed by atoms with Gasteiger partial charge < -0.3 is 20.1 Å². The minimum Gasteiger partial charge on any atom is -0.489 e. The summed E-state index contributed by atoms with van der Waals surface area (Å²) in [7, 11) is -3.00. The fraction of sp³-hybridized carbons (Fsp3) is 0.300. The van der Waals surface area contributed by atoms with Gasteiger partial charge in [0.15, 0.2) is 5.60 Å². The van der Waals surface area contributed by atoms with Crippen LogP contribution in [-0.4, -0.2) is 48.5 Å². The van der Waals surface area contributed by atoms with E-state index in [0.717, 1.165) is 17.5 Å². The third-order valence-electron chi connectivity index (χ3n) is 6.89. The molecule has 5 rings (SSSR count). The molecule has 1 aliphatic heterocycles. The summed E-state index contributed by atoms with van der Waals surface area (Å²) in [6, 6.07) is 13.5. The highest BCUT2D eigenvalue weighted by atomic mass is 35.5. The van der Waals surface area contributed by atoms with Crippen LogP contribution >= 0.6 is 11.6 Å². The SMILES string of the molecule is CS(=O)(=O)CCNCCCC1(c2cc3c(Nc4ccc(OCc5cccc(F)c5)c(Cl)c4)ncnc3cn2)CC=CO1. The molecule has 0 saturated heterocycles. The molecule has 9 nitrogen and oxygen atoms in total. The molecule has 4 aromatic rings. The molecular weight excluding hydrogens is 581 g/mol. The van der Waals surface area contributed by atoms with Gasteiger partial charge in [0.25, 0.3) is 0 Å². The van der Waals surface area contributed by atoms with Crippen LogP contribution in [0.1, 0.15) is 30.5 Å². The summed E-state index contributed by atoms with van der Waals surface area (Å²) in [6.07, 6.45) is 10.2. The van der Waals surface area contributed by atoms with Gasteiger partial charge in [0, 0.05) is 30.3 Å². The van der Waals surface area contributed by atoms with Crippen molar-refractivity contribution in [3.63, 3.8) is 0 Å². The summed E-state index contributed by atoms with van der Waals surface area (Å²) < 4.78 is 48.1. The molecule has 0 aliphatic carbocycles. The van der Waals surface area contributed by atoms with E-state index in [-0.39, 0.29) is 18.2 Å². The molecule has 12 heteroatoms. The number of benzene rings is 2. The van der Waals surface area contributed by atoms with Gasteiger partial charge in [-0.05, 0) is 67.4 Å². The van der Waals surface area contributed by atoms with Crippen LogP contribution in [-0.2, 0) is 26.8 Å².